The van der Waals surface area contributed by atoms with Crippen LogP contribution in [0.1, 0.15) is 25.0 Å². The molecule has 2 amide bonds. The van der Waals surface area contributed by atoms with E-state index in [0.29, 0.717) is 22.7 Å². The molecule has 27 heavy (non-hydrogen) atoms. The van der Waals surface area contributed by atoms with Gasteiger partial charge >= 0.3 is 11.8 Å². The van der Waals surface area contributed by atoms with Crippen molar-refractivity contribution in [2.45, 2.75) is 13.0 Å². The summed E-state index contributed by atoms with van der Waals surface area (Å²) in [7, 11) is 0. The Kier molecular flexibility index (Phi) is 6.51. The largest absolute Gasteiger partial charge is 0.348 e. The third kappa shape index (κ3) is 5.35. The molecule has 138 valence electrons. The van der Waals surface area contributed by atoms with Gasteiger partial charge in [0.05, 0.1) is 16.3 Å². The molecule has 0 atom stereocenters. The van der Waals surface area contributed by atoms with Crippen molar-refractivity contribution >= 4 is 40.3 Å². The van der Waals surface area contributed by atoms with Crippen molar-refractivity contribution in [2.75, 3.05) is 6.54 Å². The minimum Gasteiger partial charge on any atom is -0.348 e. The zero-order valence-corrected chi connectivity index (χ0v) is 16.1. The van der Waals surface area contributed by atoms with Crippen LogP contribution in [-0.4, -0.2) is 24.1 Å². The van der Waals surface area contributed by atoms with Gasteiger partial charge in [0.25, 0.3) is 0 Å². The molecule has 3 aromatic rings. The highest BCUT2D eigenvalue weighted by molar-refractivity contribution is 7.16. The molecule has 2 heterocycles. The van der Waals surface area contributed by atoms with Crippen LogP contribution in [0.3, 0.4) is 0 Å². The fraction of sp³-hybridized carbons (Fsp3) is 0.150. The van der Waals surface area contributed by atoms with Crippen molar-refractivity contribution in [1.29, 1.82) is 0 Å². The standard InChI is InChI=1S/C20H18N2O3S2/c23-18(16-7-4-12-26-16)17-9-8-15(27-17)13-22-20(25)19(24)21-11-10-14-5-2-1-3-6-14/h1-9,12H,10-11,13H2,(H,21,24)(H,22,25). The van der Waals surface area contributed by atoms with E-state index in [4.69, 9.17) is 0 Å². The summed E-state index contributed by atoms with van der Waals surface area (Å²) in [6, 6.07) is 16.9. The number of benzene rings is 1. The molecule has 2 N–H and O–H groups in total. The zero-order valence-electron chi connectivity index (χ0n) is 14.4. The molecule has 0 bridgehead atoms. The summed E-state index contributed by atoms with van der Waals surface area (Å²) in [6.45, 7) is 0.613. The normalized spacial score (nSPS) is 10.4. The second-order valence-electron chi connectivity index (χ2n) is 5.75. The van der Waals surface area contributed by atoms with Crippen molar-refractivity contribution in [1.82, 2.24) is 10.6 Å². The SMILES string of the molecule is O=C(NCCc1ccccc1)C(=O)NCc1ccc(C(=O)c2cccs2)s1. The van der Waals surface area contributed by atoms with Crippen molar-refractivity contribution in [3.8, 4) is 0 Å². The topological polar surface area (TPSA) is 75.3 Å². The number of thiophene rings is 2. The first-order valence-corrected chi connectivity index (χ1v) is 10.1. The summed E-state index contributed by atoms with van der Waals surface area (Å²) >= 11 is 2.72. The van der Waals surface area contributed by atoms with E-state index in [1.54, 1.807) is 18.2 Å². The Hall–Kier alpha value is -2.77. The summed E-state index contributed by atoms with van der Waals surface area (Å²) in [4.78, 5) is 38.1. The first kappa shape index (κ1) is 19.0. The molecule has 0 saturated carbocycles. The van der Waals surface area contributed by atoms with Crippen LogP contribution < -0.4 is 10.6 Å². The summed E-state index contributed by atoms with van der Waals surface area (Å²) < 4.78 is 0. The van der Waals surface area contributed by atoms with Crippen LogP contribution >= 0.6 is 22.7 Å². The molecule has 0 radical (unpaired) electrons. The van der Waals surface area contributed by atoms with E-state index in [-0.39, 0.29) is 12.3 Å². The lowest BCUT2D eigenvalue weighted by Crippen LogP contribution is -2.40. The predicted molar refractivity (Wildman–Crippen MR) is 107 cm³/mol. The summed E-state index contributed by atoms with van der Waals surface area (Å²) in [5.74, 6) is -1.36. The molecular weight excluding hydrogens is 380 g/mol. The molecule has 1 aromatic carbocycles. The third-order valence-corrected chi connectivity index (χ3v) is 5.75. The maximum absolute atomic E-state index is 12.3. The molecule has 0 aliphatic heterocycles. The van der Waals surface area contributed by atoms with Gasteiger partial charge in [0.2, 0.25) is 5.78 Å². The van der Waals surface area contributed by atoms with Crippen LogP contribution in [-0.2, 0) is 22.6 Å². The van der Waals surface area contributed by atoms with Gasteiger partial charge in [-0.05, 0) is 35.6 Å². The van der Waals surface area contributed by atoms with E-state index >= 15 is 0 Å². The molecule has 0 spiro atoms. The second kappa shape index (κ2) is 9.25. The van der Waals surface area contributed by atoms with Crippen LogP contribution in [0.4, 0.5) is 0 Å². The first-order valence-electron chi connectivity index (χ1n) is 8.40. The van der Waals surface area contributed by atoms with Gasteiger partial charge in [-0.2, -0.15) is 0 Å². The van der Waals surface area contributed by atoms with E-state index in [0.717, 1.165) is 10.4 Å². The Morgan fingerprint density at radius 2 is 1.59 bits per heavy atom. The number of hydrogen-bond donors (Lipinski definition) is 2. The minimum atomic E-state index is -0.678. The molecule has 0 fully saturated rings. The summed E-state index contributed by atoms with van der Waals surface area (Å²) in [5, 5.41) is 7.05. The molecule has 0 unspecified atom stereocenters. The van der Waals surface area contributed by atoms with Crippen LogP contribution in [0.15, 0.2) is 60.0 Å². The smallest absolute Gasteiger partial charge is 0.309 e. The van der Waals surface area contributed by atoms with Gasteiger partial charge in [0.1, 0.15) is 0 Å². The maximum Gasteiger partial charge on any atom is 0.309 e. The molecule has 5 nitrogen and oxygen atoms in total. The molecule has 0 aliphatic carbocycles. The van der Waals surface area contributed by atoms with E-state index in [1.807, 2.05) is 41.8 Å². The Morgan fingerprint density at radius 3 is 2.33 bits per heavy atom. The van der Waals surface area contributed by atoms with Crippen molar-refractivity contribution in [3.63, 3.8) is 0 Å². The van der Waals surface area contributed by atoms with Gasteiger partial charge < -0.3 is 10.6 Å². The quantitative estimate of drug-likeness (QED) is 0.475. The predicted octanol–water partition coefficient (Wildman–Crippen LogP) is 3.02. The number of nitrogens with one attached hydrogen (secondary N) is 2. The van der Waals surface area contributed by atoms with Crippen molar-refractivity contribution < 1.29 is 14.4 Å². The average Bonchev–Trinajstić information content (AvgIpc) is 3.38. The van der Waals surface area contributed by atoms with Gasteiger partial charge in [0, 0.05) is 11.4 Å². The molecule has 0 saturated heterocycles. The average molecular weight is 399 g/mol. The van der Waals surface area contributed by atoms with E-state index in [2.05, 4.69) is 10.6 Å². The number of ketones is 1. The lowest BCUT2D eigenvalue weighted by Gasteiger charge is -2.06. The van der Waals surface area contributed by atoms with Gasteiger partial charge in [-0.3, -0.25) is 14.4 Å². The number of carbonyl (C=O) groups excluding carboxylic acids is 3. The third-order valence-electron chi connectivity index (χ3n) is 3.80. The highest BCUT2D eigenvalue weighted by Crippen LogP contribution is 2.22. The van der Waals surface area contributed by atoms with Crippen LogP contribution in [0.5, 0.6) is 0 Å². The highest BCUT2D eigenvalue weighted by Gasteiger charge is 2.15. The van der Waals surface area contributed by atoms with Gasteiger partial charge in [-0.25, -0.2) is 0 Å². The highest BCUT2D eigenvalue weighted by atomic mass is 32.1. The van der Waals surface area contributed by atoms with Crippen LogP contribution in [0.25, 0.3) is 0 Å². The minimum absolute atomic E-state index is 0.0220. The van der Waals surface area contributed by atoms with E-state index < -0.39 is 11.8 Å². The Balaban J connectivity index is 1.43. The Labute approximate surface area is 165 Å². The summed E-state index contributed by atoms with van der Waals surface area (Å²) in [5.41, 5.74) is 1.10. The Morgan fingerprint density at radius 1 is 0.815 bits per heavy atom. The van der Waals surface area contributed by atoms with Crippen molar-refractivity contribution in [2.24, 2.45) is 0 Å². The van der Waals surface area contributed by atoms with Crippen molar-refractivity contribution in [3.05, 3.63) is 80.2 Å². The summed E-state index contributed by atoms with van der Waals surface area (Å²) in [6.07, 6.45) is 0.666. The second-order valence-corrected chi connectivity index (χ2v) is 7.86. The van der Waals surface area contributed by atoms with E-state index in [9.17, 15) is 14.4 Å². The number of carbonyl (C=O) groups is 3. The number of rotatable bonds is 7. The molecule has 2 aromatic heterocycles. The fourth-order valence-electron chi connectivity index (χ4n) is 2.42. The Bertz CT molecular complexity index is 918. The maximum atomic E-state index is 12.3. The van der Waals surface area contributed by atoms with E-state index in [1.165, 1.54) is 22.7 Å². The molecule has 7 heteroatoms. The molecule has 3 rings (SSSR count). The molecular formula is C20H18N2O3S2. The molecule has 0 aliphatic rings. The van der Waals surface area contributed by atoms with Crippen LogP contribution in [0, 0.1) is 0 Å². The zero-order chi connectivity index (χ0) is 19.1. The first-order chi connectivity index (χ1) is 13.1. The fourth-order valence-corrected chi connectivity index (χ4v) is 4.06. The lowest BCUT2D eigenvalue weighted by molar-refractivity contribution is -0.139. The number of hydrogen-bond acceptors (Lipinski definition) is 5. The monoisotopic (exact) mass is 398 g/mol. The van der Waals surface area contributed by atoms with Gasteiger partial charge in [-0.15, -0.1) is 22.7 Å². The van der Waals surface area contributed by atoms with Gasteiger partial charge in [0.15, 0.2) is 0 Å². The van der Waals surface area contributed by atoms with Gasteiger partial charge in [-0.1, -0.05) is 36.4 Å². The van der Waals surface area contributed by atoms with Crippen LogP contribution in [0.2, 0.25) is 0 Å². The number of amides is 2. The lowest BCUT2D eigenvalue weighted by atomic mass is 10.1.